The van der Waals surface area contributed by atoms with Crippen LogP contribution in [0.3, 0.4) is 0 Å². The number of nitrogens with zero attached hydrogens (tertiary/aromatic N) is 1. The Balaban J connectivity index is 2.36. The van der Waals surface area contributed by atoms with Crippen LogP contribution >= 0.6 is 15.9 Å². The molecule has 0 aliphatic carbocycles. The van der Waals surface area contributed by atoms with Crippen LogP contribution in [0.5, 0.6) is 0 Å². The van der Waals surface area contributed by atoms with E-state index in [1.54, 1.807) is 0 Å². The Morgan fingerprint density at radius 3 is 2.94 bits per heavy atom. The molecule has 3 N–H and O–H groups in total. The van der Waals surface area contributed by atoms with E-state index in [1.807, 2.05) is 18.2 Å². The molecule has 4 nitrogen and oxygen atoms in total. The summed E-state index contributed by atoms with van der Waals surface area (Å²) >= 11 is 3.46. The lowest BCUT2D eigenvalue weighted by Gasteiger charge is -2.25. The van der Waals surface area contributed by atoms with Crippen molar-refractivity contribution in [2.75, 3.05) is 31.2 Å². The lowest BCUT2D eigenvalue weighted by Crippen LogP contribution is -2.29. The van der Waals surface area contributed by atoms with Crippen LogP contribution in [0.15, 0.2) is 22.7 Å². The van der Waals surface area contributed by atoms with Crippen molar-refractivity contribution in [3.05, 3.63) is 28.2 Å². The van der Waals surface area contributed by atoms with Crippen LogP contribution in [0, 0.1) is 5.41 Å². The molecule has 92 valence electrons. The van der Waals surface area contributed by atoms with E-state index < -0.39 is 0 Å². The Hall–Kier alpha value is -1.07. The summed E-state index contributed by atoms with van der Waals surface area (Å²) < 4.78 is 6.31. The smallest absolute Gasteiger partial charge is 0.126 e. The van der Waals surface area contributed by atoms with Crippen LogP contribution in [-0.2, 0) is 4.74 Å². The summed E-state index contributed by atoms with van der Waals surface area (Å²) in [4.78, 5) is 2.23. The summed E-state index contributed by atoms with van der Waals surface area (Å²) in [7, 11) is 0. The highest BCUT2D eigenvalue weighted by Gasteiger charge is 2.16. The topological polar surface area (TPSA) is 62.3 Å². The highest BCUT2D eigenvalue weighted by atomic mass is 79.9. The molecule has 0 atom stereocenters. The van der Waals surface area contributed by atoms with Gasteiger partial charge in [-0.3, -0.25) is 5.41 Å². The van der Waals surface area contributed by atoms with Crippen LogP contribution in [0.1, 0.15) is 12.0 Å². The van der Waals surface area contributed by atoms with Crippen LogP contribution in [-0.4, -0.2) is 32.1 Å². The van der Waals surface area contributed by atoms with E-state index in [1.165, 1.54) is 0 Å². The van der Waals surface area contributed by atoms with Gasteiger partial charge in [-0.25, -0.2) is 0 Å². The van der Waals surface area contributed by atoms with E-state index in [-0.39, 0.29) is 5.84 Å². The van der Waals surface area contributed by atoms with Crippen molar-refractivity contribution >= 4 is 27.5 Å². The standard InChI is InChI=1S/C12H16BrN3O/c13-9-3-1-4-10(11(9)12(14)15)16-5-2-7-17-8-6-16/h1,3-4H,2,5-8H2,(H3,14,15). The third-order valence-electron chi connectivity index (χ3n) is 2.82. The van der Waals surface area contributed by atoms with E-state index in [0.29, 0.717) is 0 Å². The molecule has 0 radical (unpaired) electrons. The minimum atomic E-state index is 0.0950. The van der Waals surface area contributed by atoms with Gasteiger partial charge in [0, 0.05) is 29.9 Å². The van der Waals surface area contributed by atoms with Gasteiger partial charge in [0.15, 0.2) is 0 Å². The molecule has 0 spiro atoms. The summed E-state index contributed by atoms with van der Waals surface area (Å²) in [6.45, 7) is 3.32. The first kappa shape index (κ1) is 12.4. The molecule has 1 heterocycles. The number of anilines is 1. The minimum absolute atomic E-state index is 0.0950. The van der Waals surface area contributed by atoms with Gasteiger partial charge in [0.1, 0.15) is 5.84 Å². The van der Waals surface area contributed by atoms with Gasteiger partial charge in [0.05, 0.1) is 12.2 Å². The molecule has 0 amide bonds. The molecule has 1 aliphatic heterocycles. The van der Waals surface area contributed by atoms with Gasteiger partial charge >= 0.3 is 0 Å². The molecule has 1 fully saturated rings. The SMILES string of the molecule is N=C(N)c1c(Br)cccc1N1CCCOCC1. The maximum atomic E-state index is 7.68. The molecule has 5 heteroatoms. The predicted octanol–water partition coefficient (Wildman–Crippen LogP) is 1.96. The first-order chi connectivity index (χ1) is 8.20. The second kappa shape index (κ2) is 5.51. The number of nitrogens with one attached hydrogen (secondary N) is 1. The van der Waals surface area contributed by atoms with Gasteiger partial charge in [-0.05, 0) is 34.5 Å². The number of benzene rings is 1. The number of amidine groups is 1. The van der Waals surface area contributed by atoms with Crippen molar-refractivity contribution in [3.63, 3.8) is 0 Å². The molecule has 0 bridgehead atoms. The van der Waals surface area contributed by atoms with Crippen LogP contribution in [0.25, 0.3) is 0 Å². The fourth-order valence-corrected chi connectivity index (χ4v) is 2.60. The molecular weight excluding hydrogens is 282 g/mol. The molecule has 0 aromatic heterocycles. The number of nitrogens with two attached hydrogens (primary N) is 1. The van der Waals surface area contributed by atoms with Gasteiger partial charge in [0.2, 0.25) is 0 Å². The number of hydrogen-bond acceptors (Lipinski definition) is 3. The van der Waals surface area contributed by atoms with E-state index in [4.69, 9.17) is 15.9 Å². The number of ether oxygens (including phenoxy) is 1. The molecule has 1 aromatic carbocycles. The Morgan fingerprint density at radius 2 is 2.18 bits per heavy atom. The predicted molar refractivity (Wildman–Crippen MR) is 72.8 cm³/mol. The fourth-order valence-electron chi connectivity index (χ4n) is 2.03. The summed E-state index contributed by atoms with van der Waals surface area (Å²) in [5, 5.41) is 7.68. The molecule has 2 rings (SSSR count). The highest BCUT2D eigenvalue weighted by molar-refractivity contribution is 9.10. The Bertz CT molecular complexity index is 414. The molecule has 17 heavy (non-hydrogen) atoms. The van der Waals surface area contributed by atoms with Gasteiger partial charge < -0.3 is 15.4 Å². The highest BCUT2D eigenvalue weighted by Crippen LogP contribution is 2.28. The molecule has 1 saturated heterocycles. The molecule has 0 unspecified atom stereocenters. The monoisotopic (exact) mass is 297 g/mol. The molecule has 0 saturated carbocycles. The Labute approximate surface area is 109 Å². The fraction of sp³-hybridized carbons (Fsp3) is 0.417. The summed E-state index contributed by atoms with van der Waals surface area (Å²) in [5.74, 6) is 0.0950. The van der Waals surface area contributed by atoms with Crippen molar-refractivity contribution in [1.82, 2.24) is 0 Å². The van der Waals surface area contributed by atoms with Gasteiger partial charge in [-0.15, -0.1) is 0 Å². The molecule has 1 aromatic rings. The quantitative estimate of drug-likeness (QED) is 0.648. The second-order valence-corrected chi connectivity index (χ2v) is 4.85. The average Bonchev–Trinajstić information content (AvgIpc) is 2.56. The van der Waals surface area contributed by atoms with Crippen molar-refractivity contribution < 1.29 is 4.74 Å². The largest absolute Gasteiger partial charge is 0.384 e. The Kier molecular flexibility index (Phi) is 4.02. The van der Waals surface area contributed by atoms with Crippen molar-refractivity contribution in [2.24, 2.45) is 5.73 Å². The summed E-state index contributed by atoms with van der Waals surface area (Å²) in [6, 6.07) is 5.89. The first-order valence-corrected chi connectivity index (χ1v) is 6.45. The van der Waals surface area contributed by atoms with Gasteiger partial charge in [-0.2, -0.15) is 0 Å². The van der Waals surface area contributed by atoms with Gasteiger partial charge in [0.25, 0.3) is 0 Å². The lowest BCUT2D eigenvalue weighted by molar-refractivity contribution is 0.152. The summed E-state index contributed by atoms with van der Waals surface area (Å²) in [6.07, 6.45) is 1.00. The lowest BCUT2D eigenvalue weighted by atomic mass is 10.1. The van der Waals surface area contributed by atoms with Crippen LogP contribution in [0.4, 0.5) is 5.69 Å². The van der Waals surface area contributed by atoms with E-state index >= 15 is 0 Å². The number of halogens is 1. The number of nitrogen functional groups attached to an aromatic ring is 1. The maximum absolute atomic E-state index is 7.68. The zero-order valence-corrected chi connectivity index (χ0v) is 11.2. The summed E-state index contributed by atoms with van der Waals surface area (Å²) in [5.41, 5.74) is 7.44. The second-order valence-electron chi connectivity index (χ2n) is 4.00. The van der Waals surface area contributed by atoms with E-state index in [0.717, 1.165) is 48.4 Å². The zero-order valence-electron chi connectivity index (χ0n) is 9.58. The molecular formula is C12H16BrN3O. The minimum Gasteiger partial charge on any atom is -0.384 e. The maximum Gasteiger partial charge on any atom is 0.126 e. The van der Waals surface area contributed by atoms with Crippen LogP contribution in [0.2, 0.25) is 0 Å². The average molecular weight is 298 g/mol. The normalized spacial score (nSPS) is 16.6. The molecule has 1 aliphatic rings. The van der Waals surface area contributed by atoms with Crippen LogP contribution < -0.4 is 10.6 Å². The third kappa shape index (κ3) is 2.79. The first-order valence-electron chi connectivity index (χ1n) is 5.66. The Morgan fingerprint density at radius 1 is 1.35 bits per heavy atom. The van der Waals surface area contributed by atoms with Crippen molar-refractivity contribution in [2.45, 2.75) is 6.42 Å². The number of hydrogen-bond donors (Lipinski definition) is 2. The van der Waals surface area contributed by atoms with Crippen molar-refractivity contribution in [1.29, 1.82) is 5.41 Å². The van der Waals surface area contributed by atoms with E-state index in [9.17, 15) is 0 Å². The van der Waals surface area contributed by atoms with Crippen molar-refractivity contribution in [3.8, 4) is 0 Å². The third-order valence-corrected chi connectivity index (χ3v) is 3.48. The zero-order chi connectivity index (χ0) is 12.3. The number of rotatable bonds is 2. The van der Waals surface area contributed by atoms with E-state index in [2.05, 4.69) is 20.8 Å². The van der Waals surface area contributed by atoms with Gasteiger partial charge in [-0.1, -0.05) is 6.07 Å².